The van der Waals surface area contributed by atoms with Crippen LogP contribution in [0.25, 0.3) is 0 Å². The lowest BCUT2D eigenvalue weighted by molar-refractivity contribution is -0.0317. The van der Waals surface area contributed by atoms with E-state index < -0.39 is 6.29 Å². The molecule has 0 unspecified atom stereocenters. The fourth-order valence-electron chi connectivity index (χ4n) is 1.92. The van der Waals surface area contributed by atoms with Gasteiger partial charge in [0.1, 0.15) is 11.5 Å². The van der Waals surface area contributed by atoms with E-state index in [4.69, 9.17) is 4.74 Å². The molecule has 1 aromatic rings. The third-order valence-electron chi connectivity index (χ3n) is 2.92. The molecule has 2 N–H and O–H groups in total. The van der Waals surface area contributed by atoms with Crippen LogP contribution in [0.15, 0.2) is 23.8 Å². The standard InChI is InChI=1S/C14H18O3/c1-9(2)3-4-10-8-13-11(7-12(10)15)5-6-14(16)17-13/h3,7-8,14-16H,4-6H2,1-2H3/t14-/m1/s1. The predicted molar refractivity (Wildman–Crippen MR) is 66.2 cm³/mol. The van der Waals surface area contributed by atoms with Crippen LogP contribution in [-0.4, -0.2) is 16.5 Å². The first-order chi connectivity index (χ1) is 8.06. The van der Waals surface area contributed by atoms with Crippen molar-refractivity contribution in [2.45, 2.75) is 39.4 Å². The van der Waals surface area contributed by atoms with Crippen LogP contribution in [0, 0.1) is 0 Å². The Morgan fingerprint density at radius 3 is 2.94 bits per heavy atom. The molecule has 0 bridgehead atoms. The Labute approximate surface area is 101 Å². The molecule has 0 saturated heterocycles. The highest BCUT2D eigenvalue weighted by atomic mass is 16.6. The number of allylic oxidation sites excluding steroid dienone is 2. The minimum absolute atomic E-state index is 0.307. The number of phenolic OH excluding ortho intramolecular Hbond substituents is 1. The third-order valence-corrected chi connectivity index (χ3v) is 2.92. The zero-order valence-corrected chi connectivity index (χ0v) is 10.2. The first kappa shape index (κ1) is 12.0. The molecule has 0 fully saturated rings. The fourth-order valence-corrected chi connectivity index (χ4v) is 1.92. The van der Waals surface area contributed by atoms with Crippen molar-refractivity contribution < 1.29 is 14.9 Å². The van der Waals surface area contributed by atoms with E-state index in [1.807, 2.05) is 19.9 Å². The molecule has 0 aromatic heterocycles. The topological polar surface area (TPSA) is 49.7 Å². The lowest BCUT2D eigenvalue weighted by atomic mass is 10.0. The van der Waals surface area contributed by atoms with E-state index in [-0.39, 0.29) is 0 Å². The first-order valence-electron chi connectivity index (χ1n) is 5.89. The number of hydrogen-bond acceptors (Lipinski definition) is 3. The summed E-state index contributed by atoms with van der Waals surface area (Å²) in [6.07, 6.45) is 3.34. The molecule has 0 saturated carbocycles. The maximum absolute atomic E-state index is 9.90. The van der Waals surface area contributed by atoms with Gasteiger partial charge in [-0.25, -0.2) is 0 Å². The van der Waals surface area contributed by atoms with Crippen LogP contribution in [0.5, 0.6) is 11.5 Å². The minimum atomic E-state index is -0.719. The molecule has 3 heteroatoms. The van der Waals surface area contributed by atoms with Crippen molar-refractivity contribution in [2.24, 2.45) is 0 Å². The zero-order chi connectivity index (χ0) is 12.4. The lowest BCUT2D eigenvalue weighted by Crippen LogP contribution is -2.21. The average Bonchev–Trinajstić information content (AvgIpc) is 2.26. The Kier molecular flexibility index (Phi) is 3.38. The molecule has 1 aliphatic rings. The predicted octanol–water partition coefficient (Wildman–Crippen LogP) is 2.54. The molecule has 2 rings (SSSR count). The van der Waals surface area contributed by atoms with Crippen molar-refractivity contribution in [3.05, 3.63) is 34.9 Å². The van der Waals surface area contributed by atoms with Gasteiger partial charge in [-0.3, -0.25) is 0 Å². The number of hydrogen-bond donors (Lipinski definition) is 2. The van der Waals surface area contributed by atoms with Gasteiger partial charge in [0, 0.05) is 12.0 Å². The monoisotopic (exact) mass is 234 g/mol. The second kappa shape index (κ2) is 4.80. The number of aromatic hydroxyl groups is 1. The van der Waals surface area contributed by atoms with Gasteiger partial charge in [0.2, 0.25) is 0 Å². The van der Waals surface area contributed by atoms with E-state index in [9.17, 15) is 10.2 Å². The minimum Gasteiger partial charge on any atom is -0.508 e. The highest BCUT2D eigenvalue weighted by Crippen LogP contribution is 2.33. The number of rotatable bonds is 2. The third kappa shape index (κ3) is 2.80. The highest BCUT2D eigenvalue weighted by molar-refractivity contribution is 5.47. The Bertz CT molecular complexity index is 445. The smallest absolute Gasteiger partial charge is 0.197 e. The molecule has 0 radical (unpaired) electrons. The quantitative estimate of drug-likeness (QED) is 0.773. The summed E-state index contributed by atoms with van der Waals surface area (Å²) in [5.41, 5.74) is 3.01. The molecule has 0 spiro atoms. The van der Waals surface area contributed by atoms with Gasteiger partial charge < -0.3 is 14.9 Å². The average molecular weight is 234 g/mol. The van der Waals surface area contributed by atoms with E-state index >= 15 is 0 Å². The number of fused-ring (bicyclic) bond motifs is 1. The lowest BCUT2D eigenvalue weighted by Gasteiger charge is -2.23. The summed E-state index contributed by atoms with van der Waals surface area (Å²) in [5, 5.41) is 19.3. The van der Waals surface area contributed by atoms with Crippen LogP contribution in [-0.2, 0) is 12.8 Å². The summed E-state index contributed by atoms with van der Waals surface area (Å²) < 4.78 is 5.36. The van der Waals surface area contributed by atoms with Crippen LogP contribution in [0.2, 0.25) is 0 Å². The van der Waals surface area contributed by atoms with E-state index in [0.717, 1.165) is 17.5 Å². The van der Waals surface area contributed by atoms with Crippen LogP contribution in [0.1, 0.15) is 31.4 Å². The van der Waals surface area contributed by atoms with Crippen molar-refractivity contribution in [3.63, 3.8) is 0 Å². The Morgan fingerprint density at radius 1 is 1.47 bits per heavy atom. The first-order valence-corrected chi connectivity index (χ1v) is 5.89. The van der Waals surface area contributed by atoms with Gasteiger partial charge in [-0.15, -0.1) is 0 Å². The largest absolute Gasteiger partial charge is 0.508 e. The van der Waals surface area contributed by atoms with Gasteiger partial charge in [0.05, 0.1) is 0 Å². The number of aliphatic hydroxyl groups is 1. The molecule has 1 aliphatic heterocycles. The summed E-state index contributed by atoms with van der Waals surface area (Å²) >= 11 is 0. The van der Waals surface area contributed by atoms with Crippen LogP contribution in [0.4, 0.5) is 0 Å². The maximum atomic E-state index is 9.90. The van der Waals surface area contributed by atoms with E-state index in [2.05, 4.69) is 6.08 Å². The summed E-state index contributed by atoms with van der Waals surface area (Å²) in [4.78, 5) is 0. The van der Waals surface area contributed by atoms with Gasteiger partial charge in [0.25, 0.3) is 0 Å². The Morgan fingerprint density at radius 2 is 2.24 bits per heavy atom. The molecule has 0 aliphatic carbocycles. The number of benzene rings is 1. The Hall–Kier alpha value is -1.48. The summed E-state index contributed by atoms with van der Waals surface area (Å²) in [6.45, 7) is 4.05. The molecular formula is C14H18O3. The van der Waals surface area contributed by atoms with Crippen LogP contribution in [0.3, 0.4) is 0 Å². The van der Waals surface area contributed by atoms with Gasteiger partial charge in [-0.05, 0) is 44.4 Å². The fraction of sp³-hybridized carbons (Fsp3) is 0.429. The maximum Gasteiger partial charge on any atom is 0.197 e. The number of phenols is 1. The summed E-state index contributed by atoms with van der Waals surface area (Å²) in [5.74, 6) is 1.000. The molecule has 0 amide bonds. The van der Waals surface area contributed by atoms with E-state index in [0.29, 0.717) is 24.3 Å². The zero-order valence-electron chi connectivity index (χ0n) is 10.2. The van der Waals surface area contributed by atoms with Crippen molar-refractivity contribution in [1.29, 1.82) is 0 Å². The van der Waals surface area contributed by atoms with E-state index in [1.165, 1.54) is 5.57 Å². The Balaban J connectivity index is 2.29. The molecule has 17 heavy (non-hydrogen) atoms. The second-order valence-corrected chi connectivity index (χ2v) is 4.69. The van der Waals surface area contributed by atoms with Crippen molar-refractivity contribution >= 4 is 0 Å². The van der Waals surface area contributed by atoms with Gasteiger partial charge in [-0.1, -0.05) is 11.6 Å². The number of aliphatic hydroxyl groups excluding tert-OH is 1. The van der Waals surface area contributed by atoms with Gasteiger partial charge in [-0.2, -0.15) is 0 Å². The molecule has 1 heterocycles. The molecule has 1 aromatic carbocycles. The second-order valence-electron chi connectivity index (χ2n) is 4.69. The SMILES string of the molecule is CC(C)=CCc1cc2c(cc1O)CC[C@H](O)O2. The molecule has 3 nitrogen and oxygen atoms in total. The number of aryl methyl sites for hydroxylation is 1. The molecular weight excluding hydrogens is 216 g/mol. The van der Waals surface area contributed by atoms with Crippen molar-refractivity contribution in [1.82, 2.24) is 0 Å². The van der Waals surface area contributed by atoms with Gasteiger partial charge >= 0.3 is 0 Å². The molecule has 1 atom stereocenters. The van der Waals surface area contributed by atoms with Crippen molar-refractivity contribution in [3.8, 4) is 11.5 Å². The highest BCUT2D eigenvalue weighted by Gasteiger charge is 2.19. The molecule has 92 valence electrons. The number of ether oxygens (including phenoxy) is 1. The van der Waals surface area contributed by atoms with Crippen LogP contribution >= 0.6 is 0 Å². The van der Waals surface area contributed by atoms with Crippen molar-refractivity contribution in [2.75, 3.05) is 0 Å². The van der Waals surface area contributed by atoms with Gasteiger partial charge in [0.15, 0.2) is 6.29 Å². The van der Waals surface area contributed by atoms with Crippen LogP contribution < -0.4 is 4.74 Å². The summed E-state index contributed by atoms with van der Waals surface area (Å²) in [6, 6.07) is 3.57. The van der Waals surface area contributed by atoms with E-state index in [1.54, 1.807) is 6.07 Å². The normalized spacial score (nSPS) is 18.2. The summed E-state index contributed by atoms with van der Waals surface area (Å²) in [7, 11) is 0.